The van der Waals surface area contributed by atoms with E-state index in [-0.39, 0.29) is 24.7 Å². The monoisotopic (exact) mass is 502 g/mol. The molecule has 0 saturated heterocycles. The quantitative estimate of drug-likeness (QED) is 0.316. The number of nitrogens with one attached hydrogen (secondary N) is 1. The van der Waals surface area contributed by atoms with E-state index in [4.69, 9.17) is 32.7 Å². The molecule has 178 valence electrons. The Morgan fingerprint density at radius 3 is 2.71 bits per heavy atom. The van der Waals surface area contributed by atoms with E-state index in [0.29, 0.717) is 33.6 Å². The van der Waals surface area contributed by atoms with Gasteiger partial charge in [-0.05, 0) is 49.7 Å². The van der Waals surface area contributed by atoms with Crippen molar-refractivity contribution in [2.45, 2.75) is 26.4 Å². The maximum atomic E-state index is 12.7. The molecule has 8 nitrogen and oxygen atoms in total. The first-order valence-electron chi connectivity index (χ1n) is 10.5. The molecule has 0 bridgehead atoms. The lowest BCUT2D eigenvalue weighted by Gasteiger charge is -2.14. The number of benzene rings is 2. The number of carbonyl (C=O) groups is 1. The van der Waals surface area contributed by atoms with Gasteiger partial charge in [-0.25, -0.2) is 14.6 Å². The number of anilines is 1. The maximum absolute atomic E-state index is 12.7. The second kappa shape index (κ2) is 11.7. The summed E-state index contributed by atoms with van der Waals surface area (Å²) >= 11 is 12.3. The minimum absolute atomic E-state index is 0.0197. The summed E-state index contributed by atoms with van der Waals surface area (Å²) in [6.07, 6.45) is 2.71. The molecular formula is C24H24Cl2N4O4. The molecule has 0 unspecified atom stereocenters. The van der Waals surface area contributed by atoms with E-state index in [1.54, 1.807) is 24.3 Å². The summed E-state index contributed by atoms with van der Waals surface area (Å²) in [6.45, 7) is 8.24. The molecule has 0 spiro atoms. The molecule has 10 heteroatoms. The topological polar surface area (TPSA) is 95.3 Å². The number of halogens is 2. The smallest absolute Gasteiger partial charge is 0.354 e. The third-order valence-electron chi connectivity index (χ3n) is 4.61. The van der Waals surface area contributed by atoms with Crippen LogP contribution in [-0.4, -0.2) is 39.8 Å². The summed E-state index contributed by atoms with van der Waals surface area (Å²) in [5.74, 6) is 0.0653. The lowest BCUT2D eigenvalue weighted by atomic mass is 10.0. The van der Waals surface area contributed by atoms with Crippen molar-refractivity contribution < 1.29 is 14.3 Å². The van der Waals surface area contributed by atoms with Gasteiger partial charge in [0, 0.05) is 29.4 Å². The van der Waals surface area contributed by atoms with Gasteiger partial charge >= 0.3 is 11.7 Å². The van der Waals surface area contributed by atoms with Gasteiger partial charge in [-0.2, -0.15) is 4.98 Å². The molecule has 34 heavy (non-hydrogen) atoms. The van der Waals surface area contributed by atoms with Gasteiger partial charge in [0.1, 0.15) is 25.0 Å². The zero-order chi connectivity index (χ0) is 24.7. The molecule has 1 aromatic heterocycles. The lowest BCUT2D eigenvalue weighted by Crippen LogP contribution is -2.22. The molecule has 0 aliphatic rings. The molecule has 2 aromatic carbocycles. The number of hydrogen-bond donors (Lipinski definition) is 1. The van der Waals surface area contributed by atoms with Gasteiger partial charge < -0.3 is 14.8 Å². The molecule has 0 radical (unpaired) electrons. The van der Waals surface area contributed by atoms with Crippen LogP contribution in [0.15, 0.2) is 60.4 Å². The highest BCUT2D eigenvalue weighted by molar-refractivity contribution is 6.32. The SMILES string of the molecule is C=C(Cc1ccc(Cl)cc1C(=O)OCCNc1ccc(OC(C)C)c(Cl)c1)n1cncnc1=O. The number of allylic oxidation sites excluding steroid dienone is 1. The van der Waals surface area contributed by atoms with E-state index in [1.807, 2.05) is 19.9 Å². The average Bonchev–Trinajstić information content (AvgIpc) is 2.79. The summed E-state index contributed by atoms with van der Waals surface area (Å²) in [5.41, 5.74) is 1.57. The normalized spacial score (nSPS) is 10.7. The molecule has 0 aliphatic heterocycles. The predicted octanol–water partition coefficient (Wildman–Crippen LogP) is 4.71. The summed E-state index contributed by atoms with van der Waals surface area (Å²) in [5, 5.41) is 4.02. The summed E-state index contributed by atoms with van der Waals surface area (Å²) in [6, 6.07) is 10.2. The number of esters is 1. The number of hydrogen-bond acceptors (Lipinski definition) is 7. The van der Waals surface area contributed by atoms with Crippen LogP contribution in [0.3, 0.4) is 0 Å². The van der Waals surface area contributed by atoms with E-state index >= 15 is 0 Å². The number of rotatable bonds is 10. The summed E-state index contributed by atoms with van der Waals surface area (Å²) in [7, 11) is 0. The van der Waals surface area contributed by atoms with Gasteiger partial charge in [-0.3, -0.25) is 4.57 Å². The van der Waals surface area contributed by atoms with Crippen molar-refractivity contribution in [1.29, 1.82) is 0 Å². The van der Waals surface area contributed by atoms with Crippen LogP contribution in [0.5, 0.6) is 5.75 Å². The highest BCUT2D eigenvalue weighted by atomic mass is 35.5. The van der Waals surface area contributed by atoms with Crippen molar-refractivity contribution >= 4 is 40.6 Å². The highest BCUT2D eigenvalue weighted by Gasteiger charge is 2.16. The highest BCUT2D eigenvalue weighted by Crippen LogP contribution is 2.28. The van der Waals surface area contributed by atoms with E-state index < -0.39 is 11.7 Å². The van der Waals surface area contributed by atoms with Gasteiger partial charge in [0.05, 0.1) is 16.7 Å². The van der Waals surface area contributed by atoms with E-state index in [9.17, 15) is 9.59 Å². The van der Waals surface area contributed by atoms with Crippen LogP contribution in [0.4, 0.5) is 5.69 Å². The van der Waals surface area contributed by atoms with Gasteiger partial charge in [-0.15, -0.1) is 0 Å². The molecule has 0 saturated carbocycles. The van der Waals surface area contributed by atoms with Gasteiger partial charge in [0.15, 0.2) is 0 Å². The minimum atomic E-state index is -0.539. The van der Waals surface area contributed by atoms with Crippen LogP contribution in [0.25, 0.3) is 5.70 Å². The third-order valence-corrected chi connectivity index (χ3v) is 5.14. The van der Waals surface area contributed by atoms with Crippen molar-refractivity contribution in [2.24, 2.45) is 0 Å². The first kappa shape index (κ1) is 25.3. The molecule has 0 fully saturated rings. The number of carbonyl (C=O) groups excluding carboxylic acids is 1. The van der Waals surface area contributed by atoms with Crippen molar-refractivity contribution in [3.8, 4) is 5.75 Å². The molecule has 0 aliphatic carbocycles. The van der Waals surface area contributed by atoms with Crippen LogP contribution in [-0.2, 0) is 11.2 Å². The van der Waals surface area contributed by atoms with Gasteiger partial charge in [0.2, 0.25) is 0 Å². The molecular weight excluding hydrogens is 479 g/mol. The van der Waals surface area contributed by atoms with Crippen LogP contribution in [0, 0.1) is 0 Å². The van der Waals surface area contributed by atoms with Crippen LogP contribution in [0.2, 0.25) is 10.0 Å². The van der Waals surface area contributed by atoms with E-state index in [0.717, 1.165) is 12.0 Å². The fourth-order valence-electron chi connectivity index (χ4n) is 3.08. The zero-order valence-electron chi connectivity index (χ0n) is 18.8. The number of nitrogens with zero attached hydrogens (tertiary/aromatic N) is 3. The second-order valence-corrected chi connectivity index (χ2v) is 8.42. The van der Waals surface area contributed by atoms with Crippen molar-refractivity contribution in [2.75, 3.05) is 18.5 Å². The molecule has 3 aromatic rings. The Hall–Kier alpha value is -3.36. The standard InChI is InChI=1S/C24H24Cl2N4O4/c1-15(2)34-22-7-6-19(12-21(22)26)28-8-9-33-23(31)20-11-18(25)5-4-17(20)10-16(3)30-14-27-13-29-24(30)32/h4-7,11-15,28H,3,8-10H2,1-2H3. The zero-order valence-corrected chi connectivity index (χ0v) is 20.3. The third kappa shape index (κ3) is 6.82. The predicted molar refractivity (Wildman–Crippen MR) is 133 cm³/mol. The Labute approximate surface area is 207 Å². The molecule has 3 rings (SSSR count). The average molecular weight is 503 g/mol. The number of aromatic nitrogens is 3. The largest absolute Gasteiger partial charge is 0.489 e. The van der Waals surface area contributed by atoms with Crippen LogP contribution in [0.1, 0.15) is 29.8 Å². The van der Waals surface area contributed by atoms with Crippen molar-refractivity contribution in [3.63, 3.8) is 0 Å². The Kier molecular flexibility index (Phi) is 8.67. The molecule has 0 amide bonds. The molecule has 1 N–H and O–H groups in total. The number of ether oxygens (including phenoxy) is 2. The Balaban J connectivity index is 1.60. The fourth-order valence-corrected chi connectivity index (χ4v) is 3.48. The Morgan fingerprint density at radius 1 is 1.21 bits per heavy atom. The Bertz CT molecular complexity index is 1240. The summed E-state index contributed by atoms with van der Waals surface area (Å²) in [4.78, 5) is 32.1. The molecule has 0 atom stereocenters. The minimum Gasteiger partial charge on any atom is -0.489 e. The fraction of sp³-hybridized carbons (Fsp3) is 0.250. The Morgan fingerprint density at radius 2 is 2.00 bits per heavy atom. The van der Waals surface area contributed by atoms with Crippen LogP contribution >= 0.6 is 23.2 Å². The van der Waals surface area contributed by atoms with Gasteiger partial charge in [-0.1, -0.05) is 35.8 Å². The first-order chi connectivity index (χ1) is 16.2. The van der Waals surface area contributed by atoms with Crippen molar-refractivity contribution in [3.05, 3.63) is 87.3 Å². The molecule has 1 heterocycles. The second-order valence-electron chi connectivity index (χ2n) is 7.58. The van der Waals surface area contributed by atoms with E-state index in [1.165, 1.54) is 17.0 Å². The van der Waals surface area contributed by atoms with Gasteiger partial charge in [0.25, 0.3) is 0 Å². The summed E-state index contributed by atoms with van der Waals surface area (Å²) < 4.78 is 12.3. The maximum Gasteiger partial charge on any atom is 0.354 e. The first-order valence-corrected chi connectivity index (χ1v) is 11.2. The van der Waals surface area contributed by atoms with E-state index in [2.05, 4.69) is 21.9 Å². The van der Waals surface area contributed by atoms with Crippen molar-refractivity contribution in [1.82, 2.24) is 14.5 Å². The lowest BCUT2D eigenvalue weighted by molar-refractivity contribution is 0.0519. The van der Waals surface area contributed by atoms with Crippen LogP contribution < -0.4 is 15.7 Å².